The average molecular weight is 331 g/mol. The zero-order valence-electron chi connectivity index (χ0n) is 12.5. The van der Waals surface area contributed by atoms with Gasteiger partial charge in [-0.05, 0) is 43.2 Å². The molecule has 0 spiro atoms. The molecule has 1 N–H and O–H groups in total. The van der Waals surface area contributed by atoms with Crippen LogP contribution in [0.25, 0.3) is 0 Å². The summed E-state index contributed by atoms with van der Waals surface area (Å²) in [5.74, 6) is -0.303. The fourth-order valence-corrected chi connectivity index (χ4v) is 4.08. The number of benzene rings is 1. The second-order valence-electron chi connectivity index (χ2n) is 5.33. The van der Waals surface area contributed by atoms with Gasteiger partial charge in [-0.15, -0.1) is 0 Å². The minimum Gasteiger partial charge on any atom is -0.322 e. The van der Waals surface area contributed by atoms with Gasteiger partial charge in [0.2, 0.25) is 10.0 Å². The molecule has 0 saturated carbocycles. The molecule has 0 radical (unpaired) electrons. The summed E-state index contributed by atoms with van der Waals surface area (Å²) >= 11 is 0. The molecule has 23 heavy (non-hydrogen) atoms. The summed E-state index contributed by atoms with van der Waals surface area (Å²) in [6, 6.07) is 9.54. The SMILES string of the molecule is O=C(Nc1cccc(S(=O)(=O)N2CCCC2)c1)c1ccncc1. The molecular formula is C16H17N3O3S. The fourth-order valence-electron chi connectivity index (χ4n) is 2.52. The highest BCUT2D eigenvalue weighted by molar-refractivity contribution is 7.89. The van der Waals surface area contributed by atoms with Crippen LogP contribution >= 0.6 is 0 Å². The van der Waals surface area contributed by atoms with Crippen LogP contribution in [0.2, 0.25) is 0 Å². The zero-order chi connectivity index (χ0) is 16.3. The van der Waals surface area contributed by atoms with E-state index < -0.39 is 10.0 Å². The van der Waals surface area contributed by atoms with Crippen LogP contribution in [0.15, 0.2) is 53.7 Å². The second kappa shape index (κ2) is 6.47. The number of sulfonamides is 1. The molecule has 7 heteroatoms. The number of carbonyl (C=O) groups excluding carboxylic acids is 1. The predicted octanol–water partition coefficient (Wildman–Crippen LogP) is 2.12. The average Bonchev–Trinajstić information content (AvgIpc) is 3.11. The Morgan fingerprint density at radius 3 is 2.48 bits per heavy atom. The molecule has 1 aromatic carbocycles. The Balaban J connectivity index is 1.81. The third-order valence-corrected chi connectivity index (χ3v) is 5.63. The van der Waals surface area contributed by atoms with Gasteiger partial charge in [0.05, 0.1) is 4.90 Å². The lowest BCUT2D eigenvalue weighted by Gasteiger charge is -2.16. The largest absolute Gasteiger partial charge is 0.322 e. The first kappa shape index (κ1) is 15.6. The van der Waals surface area contributed by atoms with Crippen molar-refractivity contribution >= 4 is 21.6 Å². The molecule has 0 atom stereocenters. The van der Waals surface area contributed by atoms with E-state index in [1.807, 2.05) is 0 Å². The molecular weight excluding hydrogens is 314 g/mol. The van der Waals surface area contributed by atoms with Gasteiger partial charge in [-0.1, -0.05) is 6.07 Å². The molecule has 1 aromatic heterocycles. The summed E-state index contributed by atoms with van der Waals surface area (Å²) in [7, 11) is -3.49. The van der Waals surface area contributed by atoms with Crippen LogP contribution in [0.4, 0.5) is 5.69 Å². The van der Waals surface area contributed by atoms with Crippen molar-refractivity contribution < 1.29 is 13.2 Å². The van der Waals surface area contributed by atoms with Crippen molar-refractivity contribution in [1.29, 1.82) is 0 Å². The molecule has 1 saturated heterocycles. The fraction of sp³-hybridized carbons (Fsp3) is 0.250. The zero-order valence-corrected chi connectivity index (χ0v) is 13.3. The van der Waals surface area contributed by atoms with E-state index in [0.29, 0.717) is 24.3 Å². The number of anilines is 1. The molecule has 0 unspecified atom stereocenters. The van der Waals surface area contributed by atoms with Gasteiger partial charge >= 0.3 is 0 Å². The summed E-state index contributed by atoms with van der Waals surface area (Å²) < 4.78 is 26.6. The van der Waals surface area contributed by atoms with Crippen molar-refractivity contribution in [3.8, 4) is 0 Å². The van der Waals surface area contributed by atoms with Gasteiger partial charge in [0.1, 0.15) is 0 Å². The lowest BCUT2D eigenvalue weighted by molar-refractivity contribution is 0.102. The van der Waals surface area contributed by atoms with Crippen molar-refractivity contribution in [3.05, 3.63) is 54.4 Å². The number of pyridine rings is 1. The highest BCUT2D eigenvalue weighted by Crippen LogP contribution is 2.23. The van der Waals surface area contributed by atoms with E-state index >= 15 is 0 Å². The Morgan fingerprint density at radius 2 is 1.78 bits per heavy atom. The topological polar surface area (TPSA) is 79.4 Å². The quantitative estimate of drug-likeness (QED) is 0.931. The molecule has 6 nitrogen and oxygen atoms in total. The summed E-state index contributed by atoms with van der Waals surface area (Å²) in [6.45, 7) is 1.10. The van der Waals surface area contributed by atoms with Crippen LogP contribution in [-0.4, -0.2) is 36.7 Å². The maximum absolute atomic E-state index is 12.5. The van der Waals surface area contributed by atoms with E-state index in [2.05, 4.69) is 10.3 Å². The molecule has 2 heterocycles. The Morgan fingerprint density at radius 1 is 1.09 bits per heavy atom. The number of amides is 1. The van der Waals surface area contributed by atoms with Crippen molar-refractivity contribution in [1.82, 2.24) is 9.29 Å². The minimum absolute atomic E-state index is 0.201. The maximum Gasteiger partial charge on any atom is 0.255 e. The Bertz CT molecular complexity index is 800. The van der Waals surface area contributed by atoms with Crippen LogP contribution in [0, 0.1) is 0 Å². The molecule has 1 aliphatic heterocycles. The van der Waals surface area contributed by atoms with E-state index in [0.717, 1.165) is 12.8 Å². The molecule has 2 aromatic rings. The van der Waals surface area contributed by atoms with E-state index in [4.69, 9.17) is 0 Å². The lowest BCUT2D eigenvalue weighted by Crippen LogP contribution is -2.27. The van der Waals surface area contributed by atoms with Crippen molar-refractivity contribution in [2.45, 2.75) is 17.7 Å². The van der Waals surface area contributed by atoms with Crippen LogP contribution in [0.5, 0.6) is 0 Å². The molecule has 1 fully saturated rings. The number of aromatic nitrogens is 1. The summed E-state index contributed by atoms with van der Waals surface area (Å²) in [6.07, 6.45) is 4.84. The summed E-state index contributed by atoms with van der Waals surface area (Å²) in [4.78, 5) is 16.2. The molecule has 0 aliphatic carbocycles. The summed E-state index contributed by atoms with van der Waals surface area (Å²) in [5.41, 5.74) is 0.917. The molecule has 1 aliphatic rings. The first-order chi connectivity index (χ1) is 11.1. The Hall–Kier alpha value is -2.25. The number of rotatable bonds is 4. The Labute approximate surface area is 135 Å². The number of hydrogen-bond donors (Lipinski definition) is 1. The first-order valence-electron chi connectivity index (χ1n) is 7.39. The highest BCUT2D eigenvalue weighted by atomic mass is 32.2. The number of nitrogens with zero attached hydrogens (tertiary/aromatic N) is 2. The van der Waals surface area contributed by atoms with Crippen molar-refractivity contribution in [2.24, 2.45) is 0 Å². The van der Waals surface area contributed by atoms with Gasteiger partial charge in [-0.3, -0.25) is 9.78 Å². The van der Waals surface area contributed by atoms with Gasteiger partial charge in [0, 0.05) is 36.7 Å². The number of nitrogens with one attached hydrogen (secondary N) is 1. The van der Waals surface area contributed by atoms with Gasteiger partial charge in [0.15, 0.2) is 0 Å². The third-order valence-electron chi connectivity index (χ3n) is 3.74. The molecule has 0 bridgehead atoms. The van der Waals surface area contributed by atoms with E-state index in [-0.39, 0.29) is 10.8 Å². The van der Waals surface area contributed by atoms with Gasteiger partial charge in [0.25, 0.3) is 5.91 Å². The number of carbonyl (C=O) groups is 1. The van der Waals surface area contributed by atoms with E-state index in [1.54, 1.807) is 30.3 Å². The standard InChI is InChI=1S/C16H17N3O3S/c20-16(13-6-8-17-9-7-13)18-14-4-3-5-15(12-14)23(21,22)19-10-1-2-11-19/h3-9,12H,1-2,10-11H2,(H,18,20). The highest BCUT2D eigenvalue weighted by Gasteiger charge is 2.27. The second-order valence-corrected chi connectivity index (χ2v) is 7.27. The first-order valence-corrected chi connectivity index (χ1v) is 8.83. The molecule has 1 amide bonds. The molecule has 3 rings (SSSR count). The van der Waals surface area contributed by atoms with Gasteiger partial charge in [-0.25, -0.2) is 8.42 Å². The monoisotopic (exact) mass is 331 g/mol. The van der Waals surface area contributed by atoms with Crippen LogP contribution in [0.3, 0.4) is 0 Å². The van der Waals surface area contributed by atoms with E-state index in [9.17, 15) is 13.2 Å². The third kappa shape index (κ3) is 3.40. The van der Waals surface area contributed by atoms with E-state index in [1.165, 1.54) is 22.8 Å². The van der Waals surface area contributed by atoms with Crippen LogP contribution < -0.4 is 5.32 Å². The lowest BCUT2D eigenvalue weighted by atomic mass is 10.2. The maximum atomic E-state index is 12.5. The normalized spacial score (nSPS) is 15.5. The van der Waals surface area contributed by atoms with Crippen LogP contribution in [-0.2, 0) is 10.0 Å². The van der Waals surface area contributed by atoms with Gasteiger partial charge < -0.3 is 5.32 Å². The number of hydrogen-bond acceptors (Lipinski definition) is 4. The Kier molecular flexibility index (Phi) is 4.40. The van der Waals surface area contributed by atoms with Crippen LogP contribution in [0.1, 0.15) is 23.2 Å². The van der Waals surface area contributed by atoms with Crippen molar-refractivity contribution in [3.63, 3.8) is 0 Å². The smallest absolute Gasteiger partial charge is 0.255 e. The minimum atomic E-state index is -3.49. The van der Waals surface area contributed by atoms with Gasteiger partial charge in [-0.2, -0.15) is 4.31 Å². The van der Waals surface area contributed by atoms with Crippen molar-refractivity contribution in [2.75, 3.05) is 18.4 Å². The molecule has 120 valence electrons. The summed E-state index contributed by atoms with van der Waals surface area (Å²) in [5, 5.41) is 2.71. The predicted molar refractivity (Wildman–Crippen MR) is 86.6 cm³/mol.